The van der Waals surface area contributed by atoms with Gasteiger partial charge in [0, 0.05) is 16.6 Å². The van der Waals surface area contributed by atoms with Crippen molar-refractivity contribution >= 4 is 24.0 Å². The number of hydrogen-bond donors (Lipinski definition) is 0. The van der Waals surface area contributed by atoms with Crippen molar-refractivity contribution in [2.75, 3.05) is 6.61 Å². The van der Waals surface area contributed by atoms with Crippen LogP contribution in [-0.2, 0) is 17.6 Å². The number of alkyl halides is 3. The first-order valence-electron chi connectivity index (χ1n) is 7.42. The molecule has 0 aliphatic carbocycles. The zero-order valence-corrected chi connectivity index (χ0v) is 16.3. The second-order valence-corrected chi connectivity index (χ2v) is 13.1. The fourth-order valence-electron chi connectivity index (χ4n) is 1.89. The molecule has 0 aliphatic heterocycles. The number of nitrogens with zero attached hydrogens (tertiary/aromatic N) is 3. The lowest BCUT2D eigenvalue weighted by Gasteiger charge is -2.26. The second-order valence-electron chi connectivity index (χ2n) is 6.61. The Balaban J connectivity index is 2.18. The lowest BCUT2D eigenvalue weighted by molar-refractivity contribution is -0.150. The molecule has 9 heteroatoms. The van der Waals surface area contributed by atoms with Gasteiger partial charge in [0.2, 0.25) is 5.82 Å². The highest BCUT2D eigenvalue weighted by Crippen LogP contribution is 2.30. The molecule has 0 fully saturated rings. The molecule has 0 radical (unpaired) electrons. The van der Waals surface area contributed by atoms with Gasteiger partial charge >= 0.3 is 6.18 Å². The van der Waals surface area contributed by atoms with E-state index in [2.05, 4.69) is 45.7 Å². The number of halogens is 4. The summed E-state index contributed by atoms with van der Waals surface area (Å²) in [7, 11) is -1.30. The Morgan fingerprint density at radius 1 is 1.17 bits per heavy atom. The first kappa shape index (κ1) is 19.1. The minimum atomic E-state index is -4.58. The number of ether oxygens (including phenoxy) is 1. The molecular formula is C15H19BrF3N3OSi-. The predicted octanol–water partition coefficient (Wildman–Crippen LogP) is 5.04. The minimum Gasteiger partial charge on any atom is -0.362 e. The molecule has 133 valence electrons. The molecule has 2 rings (SSSR count). The van der Waals surface area contributed by atoms with Gasteiger partial charge in [-0.25, -0.2) is 9.67 Å². The lowest BCUT2D eigenvalue weighted by atomic mass is 10.2. The summed E-state index contributed by atoms with van der Waals surface area (Å²) in [5.41, 5.74) is 0.518. The summed E-state index contributed by atoms with van der Waals surface area (Å²) in [5.74, 6) is -1.02. The SMILES string of the molecule is C[Si-](C)(C)CCOCn1nc(-c2ccc(Br)cc2)nc1C(F)(F)F. The maximum absolute atomic E-state index is 13.2. The second kappa shape index (κ2) is 7.36. The Kier molecular flexibility index (Phi) is 5.87. The largest absolute Gasteiger partial charge is 0.451 e. The van der Waals surface area contributed by atoms with Gasteiger partial charge in [0.15, 0.2) is 5.82 Å². The van der Waals surface area contributed by atoms with Gasteiger partial charge in [-0.15, -0.1) is 19.2 Å². The normalized spacial score (nSPS) is 12.6. The van der Waals surface area contributed by atoms with E-state index in [1.165, 1.54) is 0 Å². The van der Waals surface area contributed by atoms with E-state index in [4.69, 9.17) is 4.74 Å². The molecular weight excluding hydrogens is 403 g/mol. The maximum Gasteiger partial charge on any atom is 0.451 e. The minimum absolute atomic E-state index is 0.0311. The third-order valence-electron chi connectivity index (χ3n) is 3.24. The zero-order valence-electron chi connectivity index (χ0n) is 13.7. The third-order valence-corrected chi connectivity index (χ3v) is 5.47. The Morgan fingerprint density at radius 2 is 1.79 bits per heavy atom. The van der Waals surface area contributed by atoms with Crippen molar-refractivity contribution in [1.29, 1.82) is 0 Å². The van der Waals surface area contributed by atoms with E-state index in [0.717, 1.165) is 15.2 Å². The molecule has 0 spiro atoms. The van der Waals surface area contributed by atoms with E-state index in [9.17, 15) is 13.2 Å². The van der Waals surface area contributed by atoms with Crippen molar-refractivity contribution in [3.05, 3.63) is 34.6 Å². The van der Waals surface area contributed by atoms with Crippen molar-refractivity contribution in [3.63, 3.8) is 0 Å². The van der Waals surface area contributed by atoms with Crippen molar-refractivity contribution in [3.8, 4) is 11.4 Å². The molecule has 2 aromatic rings. The van der Waals surface area contributed by atoms with Crippen LogP contribution < -0.4 is 0 Å². The summed E-state index contributed by atoms with van der Waals surface area (Å²) in [6, 6.07) is 7.66. The van der Waals surface area contributed by atoms with E-state index in [1.807, 2.05) is 0 Å². The summed E-state index contributed by atoms with van der Waals surface area (Å²) in [5, 5.41) is 3.97. The first-order valence-corrected chi connectivity index (χ1v) is 11.9. The monoisotopic (exact) mass is 421 g/mol. The molecule has 0 atom stereocenters. The molecule has 0 saturated heterocycles. The van der Waals surface area contributed by atoms with Crippen LogP contribution in [0.2, 0.25) is 25.7 Å². The van der Waals surface area contributed by atoms with Crippen LogP contribution in [0.25, 0.3) is 11.4 Å². The van der Waals surface area contributed by atoms with Crippen LogP contribution in [0.1, 0.15) is 5.82 Å². The fraction of sp³-hybridized carbons (Fsp3) is 0.467. The van der Waals surface area contributed by atoms with Crippen molar-refractivity contribution in [1.82, 2.24) is 14.8 Å². The molecule has 4 nitrogen and oxygen atoms in total. The molecule has 0 saturated carbocycles. The zero-order chi connectivity index (χ0) is 18.0. The van der Waals surface area contributed by atoms with Gasteiger partial charge in [0.1, 0.15) is 6.73 Å². The predicted molar refractivity (Wildman–Crippen MR) is 92.3 cm³/mol. The fourth-order valence-corrected chi connectivity index (χ4v) is 2.91. The number of rotatable bonds is 6. The van der Waals surface area contributed by atoms with Crippen LogP contribution in [0.4, 0.5) is 13.2 Å². The topological polar surface area (TPSA) is 39.9 Å². The Bertz CT molecular complexity index is 681. The molecule has 1 aromatic heterocycles. The quantitative estimate of drug-likeness (QED) is 0.484. The van der Waals surface area contributed by atoms with E-state index < -0.39 is 20.1 Å². The van der Waals surface area contributed by atoms with Crippen LogP contribution in [0.5, 0.6) is 0 Å². The van der Waals surface area contributed by atoms with Crippen molar-refractivity contribution in [2.45, 2.75) is 38.6 Å². The van der Waals surface area contributed by atoms with Gasteiger partial charge in [-0.05, 0) is 12.1 Å². The van der Waals surface area contributed by atoms with Crippen LogP contribution in [0.3, 0.4) is 0 Å². The summed E-state index contributed by atoms with van der Waals surface area (Å²) in [6.45, 7) is 6.69. The van der Waals surface area contributed by atoms with Crippen molar-refractivity contribution < 1.29 is 17.9 Å². The van der Waals surface area contributed by atoms with Crippen LogP contribution in [-0.4, -0.2) is 29.4 Å². The van der Waals surface area contributed by atoms with Gasteiger partial charge in [-0.1, -0.05) is 28.1 Å². The molecule has 1 heterocycles. The van der Waals surface area contributed by atoms with Crippen molar-refractivity contribution in [2.24, 2.45) is 0 Å². The van der Waals surface area contributed by atoms with Gasteiger partial charge in [0.05, 0.1) is 0 Å². The summed E-state index contributed by atoms with van der Waals surface area (Å²) in [4.78, 5) is 3.65. The highest BCUT2D eigenvalue weighted by Gasteiger charge is 2.38. The molecule has 0 aliphatic rings. The molecule has 0 bridgehead atoms. The average molecular weight is 422 g/mol. The van der Waals surface area contributed by atoms with Crippen LogP contribution >= 0.6 is 15.9 Å². The standard InChI is InChI=1S/C15H19BrF3N3OSi/c1-24(2,3)9-8-23-10-22-14(15(17,18)19)20-13(21-22)11-4-6-12(16)7-5-11/h4-7H,8-10H2,1-3H3/q-1. The summed E-state index contributed by atoms with van der Waals surface area (Å²) in [6.07, 6.45) is -4.58. The summed E-state index contributed by atoms with van der Waals surface area (Å²) < 4.78 is 46.5. The highest BCUT2D eigenvalue weighted by atomic mass is 79.9. The van der Waals surface area contributed by atoms with E-state index >= 15 is 0 Å². The Morgan fingerprint density at radius 3 is 2.33 bits per heavy atom. The first-order chi connectivity index (χ1) is 11.1. The van der Waals surface area contributed by atoms with Gasteiger partial charge in [-0.2, -0.15) is 32.8 Å². The van der Waals surface area contributed by atoms with E-state index in [1.54, 1.807) is 24.3 Å². The number of benzene rings is 1. The Hall–Kier alpha value is -1.19. The number of hydrogen-bond acceptors (Lipinski definition) is 3. The number of aromatic nitrogens is 3. The lowest BCUT2D eigenvalue weighted by Crippen LogP contribution is -2.23. The van der Waals surface area contributed by atoms with Crippen LogP contribution in [0, 0.1) is 0 Å². The Labute approximate surface area is 148 Å². The summed E-state index contributed by atoms with van der Waals surface area (Å²) >= 11 is 3.28. The van der Waals surface area contributed by atoms with E-state index in [-0.39, 0.29) is 12.6 Å². The van der Waals surface area contributed by atoms with Gasteiger partial charge in [0.25, 0.3) is 0 Å². The maximum atomic E-state index is 13.2. The average Bonchev–Trinajstić information content (AvgIpc) is 2.88. The molecule has 0 unspecified atom stereocenters. The smallest absolute Gasteiger partial charge is 0.362 e. The third kappa shape index (κ3) is 5.42. The molecule has 0 N–H and O–H groups in total. The van der Waals surface area contributed by atoms with E-state index in [0.29, 0.717) is 12.2 Å². The van der Waals surface area contributed by atoms with Gasteiger partial charge in [-0.3, -0.25) is 0 Å². The molecule has 24 heavy (non-hydrogen) atoms. The van der Waals surface area contributed by atoms with Gasteiger partial charge < -0.3 is 4.74 Å². The van der Waals surface area contributed by atoms with Crippen LogP contribution in [0.15, 0.2) is 28.7 Å². The molecule has 1 aromatic carbocycles. The highest BCUT2D eigenvalue weighted by molar-refractivity contribution is 9.10. The molecule has 0 amide bonds.